The van der Waals surface area contributed by atoms with Gasteiger partial charge in [-0.05, 0) is 12.8 Å². The van der Waals surface area contributed by atoms with E-state index in [-0.39, 0.29) is 27.8 Å². The van der Waals surface area contributed by atoms with E-state index in [2.05, 4.69) is 0 Å². The van der Waals surface area contributed by atoms with Crippen molar-refractivity contribution in [2.45, 2.75) is 24.1 Å². The van der Waals surface area contributed by atoms with Gasteiger partial charge in [-0.1, -0.05) is 24.0 Å². The Kier molecular flexibility index (Phi) is 3.00. The zero-order chi connectivity index (χ0) is 13.7. The van der Waals surface area contributed by atoms with Crippen LogP contribution in [0, 0.1) is 16.7 Å². The summed E-state index contributed by atoms with van der Waals surface area (Å²) < 4.78 is 0. The molecule has 0 radical (unpaired) electrons. The fraction of sp³-hybridized carbons (Fsp3) is 0.364. The van der Waals surface area contributed by atoms with Crippen LogP contribution in [-0.2, 0) is 9.59 Å². The summed E-state index contributed by atoms with van der Waals surface area (Å²) in [6.45, 7) is 0. The van der Waals surface area contributed by atoms with Crippen molar-refractivity contribution in [1.29, 1.82) is 10.7 Å². The first kappa shape index (κ1) is 12.8. The molecule has 2 amide bonds. The predicted octanol–water partition coefficient (Wildman–Crippen LogP) is 1.45. The van der Waals surface area contributed by atoms with Gasteiger partial charge in [0.25, 0.3) is 11.8 Å². The van der Waals surface area contributed by atoms with Crippen LogP contribution in [0.4, 0.5) is 0 Å². The molecule has 3 aliphatic rings. The van der Waals surface area contributed by atoms with Crippen molar-refractivity contribution < 1.29 is 9.59 Å². The highest BCUT2D eigenvalue weighted by Gasteiger charge is 2.49. The number of nitrogens with zero attached hydrogens (tertiary/aromatic N) is 2. The van der Waals surface area contributed by atoms with Gasteiger partial charge in [0, 0.05) is 6.04 Å². The maximum absolute atomic E-state index is 12.2. The summed E-state index contributed by atoms with van der Waals surface area (Å²) in [5.41, 5.74) is 0. The van der Waals surface area contributed by atoms with E-state index in [4.69, 9.17) is 22.9 Å². The van der Waals surface area contributed by atoms with Gasteiger partial charge in [-0.15, -0.1) is 11.8 Å². The summed E-state index contributed by atoms with van der Waals surface area (Å²) in [5.74, 6) is -0.593. The Hall–Kier alpha value is -1.17. The van der Waals surface area contributed by atoms with E-state index in [1.165, 1.54) is 4.90 Å². The van der Waals surface area contributed by atoms with Gasteiger partial charge in [0.2, 0.25) is 0 Å². The van der Waals surface area contributed by atoms with E-state index in [0.717, 1.165) is 36.4 Å². The molecule has 1 fully saturated rings. The lowest BCUT2D eigenvalue weighted by Crippen LogP contribution is -2.33. The highest BCUT2D eigenvalue weighted by Crippen LogP contribution is 2.47. The van der Waals surface area contributed by atoms with Crippen LogP contribution in [0.15, 0.2) is 9.81 Å². The zero-order valence-corrected chi connectivity index (χ0v) is 12.0. The Labute approximate surface area is 122 Å². The van der Waals surface area contributed by atoms with Crippen LogP contribution in [0.3, 0.4) is 0 Å². The summed E-state index contributed by atoms with van der Waals surface area (Å²) >= 11 is 6.93. The van der Waals surface area contributed by atoms with Gasteiger partial charge in [-0.2, -0.15) is 5.26 Å². The molecular weight excluding hydrogens is 302 g/mol. The number of carbonyl (C=O) groups excluding carboxylic acids is 2. The number of rotatable bonds is 2. The minimum atomic E-state index is -0.611. The third-order valence-electron chi connectivity index (χ3n) is 2.98. The number of amides is 2. The number of hydrogen-bond donors (Lipinski definition) is 1. The number of nitriles is 1. The van der Waals surface area contributed by atoms with Gasteiger partial charge in [-0.3, -0.25) is 19.9 Å². The van der Waals surface area contributed by atoms with Gasteiger partial charge in [0.1, 0.15) is 16.2 Å². The molecule has 8 heteroatoms. The van der Waals surface area contributed by atoms with Crippen molar-refractivity contribution in [3.63, 3.8) is 0 Å². The van der Waals surface area contributed by atoms with E-state index >= 15 is 0 Å². The standard InChI is InChI=1S/C11H7N3O2S3/c12-3-5(17)6-9(13)19-8-7(18-6)10(15)14(11(8)16)4-1-2-4/h4,6,13H,1-2H2. The highest BCUT2D eigenvalue weighted by molar-refractivity contribution is 8.23. The average molecular weight is 309 g/mol. The predicted molar refractivity (Wildman–Crippen MR) is 76.8 cm³/mol. The molecule has 0 aromatic rings. The fourth-order valence-corrected chi connectivity index (χ4v) is 4.53. The van der Waals surface area contributed by atoms with Crippen molar-refractivity contribution >= 4 is 57.5 Å². The molecule has 1 saturated carbocycles. The number of nitrogens with one attached hydrogen (secondary N) is 1. The average Bonchev–Trinajstić information content (AvgIpc) is 3.18. The van der Waals surface area contributed by atoms with E-state index in [9.17, 15) is 9.59 Å². The van der Waals surface area contributed by atoms with Crippen molar-refractivity contribution in [1.82, 2.24) is 4.90 Å². The van der Waals surface area contributed by atoms with Crippen LogP contribution in [0.1, 0.15) is 12.8 Å². The minimum absolute atomic E-state index is 0.0161. The van der Waals surface area contributed by atoms with Gasteiger partial charge >= 0.3 is 0 Å². The molecule has 96 valence electrons. The maximum atomic E-state index is 12.2. The molecule has 1 atom stereocenters. The molecule has 1 unspecified atom stereocenters. The molecule has 3 rings (SSSR count). The van der Waals surface area contributed by atoms with Gasteiger partial charge < -0.3 is 0 Å². The third kappa shape index (κ3) is 1.93. The first-order valence-electron chi connectivity index (χ1n) is 5.53. The molecule has 19 heavy (non-hydrogen) atoms. The second-order valence-corrected chi connectivity index (χ2v) is 6.92. The quantitative estimate of drug-likeness (QED) is 0.614. The van der Waals surface area contributed by atoms with Crippen LogP contribution in [0.25, 0.3) is 0 Å². The molecule has 0 aromatic carbocycles. The van der Waals surface area contributed by atoms with Crippen LogP contribution >= 0.6 is 35.7 Å². The van der Waals surface area contributed by atoms with E-state index in [1.54, 1.807) is 0 Å². The summed E-state index contributed by atoms with van der Waals surface area (Å²) in [5, 5.41) is 16.2. The molecule has 0 spiro atoms. The number of hydrogen-bond acceptors (Lipinski definition) is 7. The fourth-order valence-electron chi connectivity index (χ4n) is 1.93. The van der Waals surface area contributed by atoms with E-state index < -0.39 is 5.25 Å². The zero-order valence-electron chi connectivity index (χ0n) is 9.50. The van der Waals surface area contributed by atoms with Crippen molar-refractivity contribution in [2.24, 2.45) is 0 Å². The van der Waals surface area contributed by atoms with Gasteiger partial charge in [0.15, 0.2) is 0 Å². The first-order valence-corrected chi connectivity index (χ1v) is 7.64. The molecule has 0 bridgehead atoms. The van der Waals surface area contributed by atoms with Crippen molar-refractivity contribution in [3.8, 4) is 6.07 Å². The van der Waals surface area contributed by atoms with Crippen LogP contribution in [0.2, 0.25) is 0 Å². The van der Waals surface area contributed by atoms with Gasteiger partial charge in [-0.25, -0.2) is 0 Å². The lowest BCUT2D eigenvalue weighted by atomic mass is 10.3. The second kappa shape index (κ2) is 4.44. The summed E-state index contributed by atoms with van der Waals surface area (Å²) in [6, 6.07) is 1.86. The monoisotopic (exact) mass is 309 g/mol. The summed E-state index contributed by atoms with van der Waals surface area (Å²) in [7, 11) is 0. The number of imide groups is 1. The lowest BCUT2D eigenvalue weighted by Gasteiger charge is -2.19. The van der Waals surface area contributed by atoms with E-state index in [0.29, 0.717) is 9.81 Å². The minimum Gasteiger partial charge on any atom is -0.296 e. The lowest BCUT2D eigenvalue weighted by molar-refractivity contribution is -0.137. The van der Waals surface area contributed by atoms with E-state index in [1.807, 2.05) is 6.07 Å². The van der Waals surface area contributed by atoms with Crippen LogP contribution < -0.4 is 0 Å². The normalized spacial score (nSPS) is 26.6. The second-order valence-electron chi connectivity index (χ2n) is 4.31. The first-order chi connectivity index (χ1) is 9.04. The summed E-state index contributed by atoms with van der Waals surface area (Å²) in [4.78, 5) is 26.4. The number of thiocarbonyl (C=S) groups is 1. The Morgan fingerprint density at radius 3 is 2.58 bits per heavy atom. The molecule has 2 aliphatic heterocycles. The Morgan fingerprint density at radius 1 is 1.37 bits per heavy atom. The molecule has 0 saturated heterocycles. The SMILES string of the molecule is N#CC(=S)C1SC2=C(SC1=N)C(=O)N(C1CC1)C2=O. The molecule has 2 heterocycles. The summed E-state index contributed by atoms with van der Waals surface area (Å²) in [6.07, 6.45) is 1.70. The molecular formula is C11H7N3O2S3. The van der Waals surface area contributed by atoms with Crippen LogP contribution in [0.5, 0.6) is 0 Å². The van der Waals surface area contributed by atoms with Crippen molar-refractivity contribution in [2.75, 3.05) is 0 Å². The number of thioether (sulfide) groups is 2. The number of carbonyl (C=O) groups is 2. The smallest absolute Gasteiger partial charge is 0.269 e. The molecule has 5 nitrogen and oxygen atoms in total. The van der Waals surface area contributed by atoms with Gasteiger partial charge in [0.05, 0.1) is 14.9 Å². The van der Waals surface area contributed by atoms with Crippen molar-refractivity contribution in [3.05, 3.63) is 9.81 Å². The maximum Gasteiger partial charge on any atom is 0.269 e. The Bertz CT molecular complexity index is 615. The molecule has 1 N–H and O–H groups in total. The highest BCUT2D eigenvalue weighted by atomic mass is 32.2. The molecule has 0 aromatic heterocycles. The van der Waals surface area contributed by atoms with Crippen LogP contribution in [-0.4, -0.2) is 37.9 Å². The molecule has 1 aliphatic carbocycles. The Morgan fingerprint density at radius 2 is 2.00 bits per heavy atom. The topological polar surface area (TPSA) is 85.0 Å². The largest absolute Gasteiger partial charge is 0.296 e. The Balaban J connectivity index is 1.93. The third-order valence-corrected chi connectivity index (χ3v) is 6.09.